The van der Waals surface area contributed by atoms with Gasteiger partial charge in [-0.15, -0.1) is 0 Å². The van der Waals surface area contributed by atoms with Crippen molar-refractivity contribution in [2.75, 3.05) is 13.2 Å². The van der Waals surface area contributed by atoms with Gasteiger partial charge in [0.2, 0.25) is 5.91 Å². The predicted octanol–water partition coefficient (Wildman–Crippen LogP) is 19.6. The van der Waals surface area contributed by atoms with Crippen molar-refractivity contribution < 1.29 is 24.5 Å². The van der Waals surface area contributed by atoms with Crippen molar-refractivity contribution in [3.8, 4) is 0 Å². The molecule has 0 saturated carbocycles. The van der Waals surface area contributed by atoms with E-state index in [0.717, 1.165) is 38.5 Å². The van der Waals surface area contributed by atoms with Crippen molar-refractivity contribution in [1.29, 1.82) is 0 Å². The number of ether oxygens (including phenoxy) is 1. The molecule has 3 N–H and O–H groups in total. The molecule has 0 saturated heterocycles. The molecular weight excluding hydrogens is 851 g/mol. The summed E-state index contributed by atoms with van der Waals surface area (Å²) in [6.45, 7) is 4.97. The number of nitrogens with one attached hydrogen (secondary N) is 1. The molecule has 0 aliphatic carbocycles. The van der Waals surface area contributed by atoms with E-state index in [-0.39, 0.29) is 18.5 Å². The standard InChI is InChI=1S/C63H123NO5/c1-3-5-7-9-11-13-15-17-19-24-27-31-35-39-43-47-51-55-61(66)60(59-65)64-62(67)56-52-48-44-40-36-32-28-25-22-21-23-26-30-34-38-42-46-50-54-58-69-63(68)57-53-49-45-41-37-33-29-20-18-16-14-12-10-8-6-4-2/h21-22,60-61,65-66H,3-20,23-59H2,1-2H3,(H,64,67)/b22-21-. The highest BCUT2D eigenvalue weighted by atomic mass is 16.5. The minimum atomic E-state index is -0.670. The molecule has 0 fully saturated rings. The van der Waals surface area contributed by atoms with Crippen LogP contribution >= 0.6 is 0 Å². The van der Waals surface area contributed by atoms with Crippen LogP contribution in [0.4, 0.5) is 0 Å². The predicted molar refractivity (Wildman–Crippen MR) is 301 cm³/mol. The molecule has 0 rings (SSSR count). The quantitative estimate of drug-likeness (QED) is 0.0321. The maximum Gasteiger partial charge on any atom is 0.305 e. The highest BCUT2D eigenvalue weighted by molar-refractivity contribution is 5.76. The van der Waals surface area contributed by atoms with Crippen molar-refractivity contribution >= 4 is 11.9 Å². The van der Waals surface area contributed by atoms with Crippen LogP contribution in [0, 0.1) is 0 Å². The summed E-state index contributed by atoms with van der Waals surface area (Å²) in [6, 6.07) is -0.548. The highest BCUT2D eigenvalue weighted by Gasteiger charge is 2.20. The van der Waals surface area contributed by atoms with Crippen LogP contribution in [0.3, 0.4) is 0 Å². The number of aliphatic hydroxyl groups is 2. The first kappa shape index (κ1) is 67.6. The zero-order chi connectivity index (χ0) is 50.0. The van der Waals surface area contributed by atoms with Crippen LogP contribution in [0.1, 0.15) is 354 Å². The van der Waals surface area contributed by atoms with E-state index in [1.54, 1.807) is 0 Å². The van der Waals surface area contributed by atoms with Gasteiger partial charge >= 0.3 is 5.97 Å². The number of amides is 1. The van der Waals surface area contributed by atoms with Gasteiger partial charge in [-0.05, 0) is 51.4 Å². The Kier molecular flexibility index (Phi) is 58.0. The third kappa shape index (κ3) is 55.8. The molecule has 6 heteroatoms. The molecule has 0 aliphatic heterocycles. The first-order valence-electron chi connectivity index (χ1n) is 31.4. The summed E-state index contributed by atoms with van der Waals surface area (Å²) in [5.41, 5.74) is 0. The number of rotatable bonds is 59. The van der Waals surface area contributed by atoms with Crippen LogP contribution < -0.4 is 5.32 Å². The monoisotopic (exact) mass is 974 g/mol. The Balaban J connectivity index is 3.42. The second kappa shape index (κ2) is 59.2. The maximum atomic E-state index is 12.5. The summed E-state index contributed by atoms with van der Waals surface area (Å²) >= 11 is 0. The summed E-state index contributed by atoms with van der Waals surface area (Å²) in [7, 11) is 0. The fraction of sp³-hybridized carbons (Fsp3) is 0.937. The second-order valence-electron chi connectivity index (χ2n) is 21.7. The summed E-state index contributed by atoms with van der Waals surface area (Å²) in [5, 5.41) is 23.3. The van der Waals surface area contributed by atoms with Gasteiger partial charge in [-0.25, -0.2) is 0 Å². The lowest BCUT2D eigenvalue weighted by molar-refractivity contribution is -0.143. The zero-order valence-electron chi connectivity index (χ0n) is 46.8. The molecular formula is C63H123NO5. The maximum absolute atomic E-state index is 12.5. The number of carbonyl (C=O) groups excluding carboxylic acids is 2. The molecule has 0 aromatic carbocycles. The van der Waals surface area contributed by atoms with Crippen molar-refractivity contribution in [2.24, 2.45) is 0 Å². The van der Waals surface area contributed by atoms with Gasteiger partial charge in [-0.1, -0.05) is 302 Å². The average Bonchev–Trinajstić information content (AvgIpc) is 3.35. The Morgan fingerprint density at radius 1 is 0.391 bits per heavy atom. The normalized spacial score (nSPS) is 12.6. The van der Waals surface area contributed by atoms with Gasteiger partial charge in [0.25, 0.3) is 0 Å². The van der Waals surface area contributed by atoms with Crippen LogP contribution in [-0.4, -0.2) is 47.4 Å². The van der Waals surface area contributed by atoms with E-state index in [0.29, 0.717) is 25.9 Å². The molecule has 2 atom stereocenters. The number of hydrogen-bond donors (Lipinski definition) is 3. The first-order chi connectivity index (χ1) is 34.0. The summed E-state index contributed by atoms with van der Waals surface area (Å²) in [6.07, 6.45) is 70.7. The van der Waals surface area contributed by atoms with Gasteiger partial charge in [-0.3, -0.25) is 9.59 Å². The van der Waals surface area contributed by atoms with Gasteiger partial charge in [0, 0.05) is 12.8 Å². The number of unbranched alkanes of at least 4 members (excludes halogenated alkanes) is 46. The second-order valence-corrected chi connectivity index (χ2v) is 21.7. The lowest BCUT2D eigenvalue weighted by Gasteiger charge is -2.22. The molecule has 69 heavy (non-hydrogen) atoms. The molecule has 0 aliphatic rings. The number of hydrogen-bond acceptors (Lipinski definition) is 5. The molecule has 0 radical (unpaired) electrons. The number of carbonyl (C=O) groups is 2. The Morgan fingerprint density at radius 2 is 0.681 bits per heavy atom. The lowest BCUT2D eigenvalue weighted by Crippen LogP contribution is -2.45. The third-order valence-corrected chi connectivity index (χ3v) is 14.8. The van der Waals surface area contributed by atoms with Crippen LogP contribution in [0.25, 0.3) is 0 Å². The van der Waals surface area contributed by atoms with Crippen LogP contribution in [-0.2, 0) is 14.3 Å². The number of esters is 1. The molecule has 0 bridgehead atoms. The molecule has 0 heterocycles. The van der Waals surface area contributed by atoms with Crippen LogP contribution in [0.2, 0.25) is 0 Å². The van der Waals surface area contributed by atoms with E-state index in [1.807, 2.05) is 0 Å². The van der Waals surface area contributed by atoms with E-state index >= 15 is 0 Å². The van der Waals surface area contributed by atoms with E-state index in [4.69, 9.17) is 4.74 Å². The Labute approximate surface area is 431 Å². The molecule has 1 amide bonds. The Bertz CT molecular complexity index is 1030. The first-order valence-corrected chi connectivity index (χ1v) is 31.4. The molecule has 2 unspecified atom stereocenters. The molecule has 6 nitrogen and oxygen atoms in total. The van der Waals surface area contributed by atoms with Crippen LogP contribution in [0.15, 0.2) is 12.2 Å². The molecule has 0 aromatic heterocycles. The Hall–Kier alpha value is -1.40. The van der Waals surface area contributed by atoms with E-state index < -0.39 is 12.1 Å². The largest absolute Gasteiger partial charge is 0.466 e. The minimum Gasteiger partial charge on any atom is -0.466 e. The van der Waals surface area contributed by atoms with Crippen LogP contribution in [0.5, 0.6) is 0 Å². The number of aliphatic hydroxyl groups excluding tert-OH is 2. The topological polar surface area (TPSA) is 95.9 Å². The average molecular weight is 975 g/mol. The van der Waals surface area contributed by atoms with Gasteiger partial charge in [0.05, 0.1) is 25.4 Å². The summed E-state index contributed by atoms with van der Waals surface area (Å²) in [4.78, 5) is 24.6. The van der Waals surface area contributed by atoms with Crippen molar-refractivity contribution in [3.63, 3.8) is 0 Å². The third-order valence-electron chi connectivity index (χ3n) is 14.8. The van der Waals surface area contributed by atoms with Gasteiger partial charge < -0.3 is 20.3 Å². The molecule has 410 valence electrons. The fourth-order valence-corrected chi connectivity index (χ4v) is 9.99. The van der Waals surface area contributed by atoms with E-state index in [9.17, 15) is 19.8 Å². The van der Waals surface area contributed by atoms with E-state index in [1.165, 1.54) is 283 Å². The SMILES string of the molecule is CCCCCCCCCCCCCCCCCCCC(O)C(CO)NC(=O)CCCCCCCCC/C=C\CCCCCCCCCCOC(=O)CCCCCCCCCCCCCCCCCC. The van der Waals surface area contributed by atoms with Crippen molar-refractivity contribution in [3.05, 3.63) is 12.2 Å². The summed E-state index contributed by atoms with van der Waals surface area (Å²) in [5.74, 6) is -0.0332. The van der Waals surface area contributed by atoms with Crippen molar-refractivity contribution in [1.82, 2.24) is 5.32 Å². The smallest absolute Gasteiger partial charge is 0.305 e. The van der Waals surface area contributed by atoms with Gasteiger partial charge in [0.15, 0.2) is 0 Å². The van der Waals surface area contributed by atoms with E-state index in [2.05, 4.69) is 31.3 Å². The zero-order valence-corrected chi connectivity index (χ0v) is 46.8. The molecule has 0 aromatic rings. The minimum absolute atomic E-state index is 0.00828. The number of allylic oxidation sites excluding steroid dienone is 2. The van der Waals surface area contributed by atoms with Gasteiger partial charge in [0.1, 0.15) is 0 Å². The lowest BCUT2D eigenvalue weighted by atomic mass is 10.0. The van der Waals surface area contributed by atoms with Gasteiger partial charge in [-0.2, -0.15) is 0 Å². The van der Waals surface area contributed by atoms with Crippen molar-refractivity contribution in [2.45, 2.75) is 366 Å². The Morgan fingerprint density at radius 3 is 1.03 bits per heavy atom. The summed E-state index contributed by atoms with van der Waals surface area (Å²) < 4.78 is 5.49. The fourth-order valence-electron chi connectivity index (χ4n) is 9.99. The highest BCUT2D eigenvalue weighted by Crippen LogP contribution is 2.18. The molecule has 0 spiro atoms.